The number of aryl methyl sites for hydroxylation is 1. The number of piperidine rings is 1. The molecule has 0 aliphatic carbocycles. The van der Waals surface area contributed by atoms with Crippen LogP contribution in [0.5, 0.6) is 5.75 Å². The topological polar surface area (TPSA) is 41.6 Å². The summed E-state index contributed by atoms with van der Waals surface area (Å²) >= 11 is 3.51. The van der Waals surface area contributed by atoms with Gasteiger partial charge in [0.1, 0.15) is 5.75 Å². The van der Waals surface area contributed by atoms with Crippen LogP contribution in [-0.4, -0.2) is 36.5 Å². The summed E-state index contributed by atoms with van der Waals surface area (Å²) in [5.74, 6) is 0.656. The van der Waals surface area contributed by atoms with Crippen molar-refractivity contribution < 1.29 is 9.53 Å². The number of nitrogens with zero attached hydrogens (tertiary/aromatic N) is 1. The van der Waals surface area contributed by atoms with E-state index in [1.165, 1.54) is 11.1 Å². The van der Waals surface area contributed by atoms with E-state index in [4.69, 9.17) is 4.74 Å². The van der Waals surface area contributed by atoms with Crippen LogP contribution in [0.3, 0.4) is 0 Å². The molecule has 2 aromatic carbocycles. The van der Waals surface area contributed by atoms with Crippen molar-refractivity contribution in [3.63, 3.8) is 0 Å². The summed E-state index contributed by atoms with van der Waals surface area (Å²) in [6.45, 7) is 5.15. The lowest BCUT2D eigenvalue weighted by molar-refractivity contribution is -0.124. The Morgan fingerprint density at radius 2 is 1.89 bits per heavy atom. The van der Waals surface area contributed by atoms with Crippen LogP contribution < -0.4 is 10.1 Å². The highest BCUT2D eigenvalue weighted by molar-refractivity contribution is 9.10. The first kappa shape index (κ1) is 19.9. The lowest BCUT2D eigenvalue weighted by Gasteiger charge is -2.32. The van der Waals surface area contributed by atoms with Crippen molar-refractivity contribution in [3.05, 3.63) is 64.1 Å². The van der Waals surface area contributed by atoms with E-state index in [1.807, 2.05) is 24.3 Å². The van der Waals surface area contributed by atoms with Crippen LogP contribution in [0.2, 0.25) is 0 Å². The number of halogens is 1. The molecule has 27 heavy (non-hydrogen) atoms. The van der Waals surface area contributed by atoms with Crippen molar-refractivity contribution in [1.29, 1.82) is 0 Å². The van der Waals surface area contributed by atoms with Crippen LogP contribution >= 0.6 is 15.9 Å². The van der Waals surface area contributed by atoms with Gasteiger partial charge >= 0.3 is 0 Å². The molecule has 0 spiro atoms. The smallest absolute Gasteiger partial charge is 0.258 e. The average Bonchev–Trinajstić information content (AvgIpc) is 2.69. The van der Waals surface area contributed by atoms with E-state index in [2.05, 4.69) is 57.3 Å². The zero-order valence-electron chi connectivity index (χ0n) is 15.8. The largest absolute Gasteiger partial charge is 0.483 e. The Morgan fingerprint density at radius 1 is 1.15 bits per heavy atom. The third-order valence-corrected chi connectivity index (χ3v) is 5.58. The molecule has 1 aliphatic rings. The van der Waals surface area contributed by atoms with Gasteiger partial charge in [-0.05, 0) is 58.5 Å². The first-order chi connectivity index (χ1) is 13.1. The summed E-state index contributed by atoms with van der Waals surface area (Å²) in [6, 6.07) is 16.7. The first-order valence-electron chi connectivity index (χ1n) is 9.61. The highest BCUT2D eigenvalue weighted by Gasteiger charge is 2.21. The van der Waals surface area contributed by atoms with Crippen molar-refractivity contribution in [1.82, 2.24) is 10.2 Å². The van der Waals surface area contributed by atoms with E-state index in [1.54, 1.807) is 0 Å². The van der Waals surface area contributed by atoms with Crippen LogP contribution in [0.15, 0.2) is 53.0 Å². The van der Waals surface area contributed by atoms with Crippen molar-refractivity contribution in [2.45, 2.75) is 38.8 Å². The summed E-state index contributed by atoms with van der Waals surface area (Å²) in [7, 11) is 0. The van der Waals surface area contributed by atoms with Gasteiger partial charge in [-0.2, -0.15) is 0 Å². The van der Waals surface area contributed by atoms with Gasteiger partial charge in [-0.1, -0.05) is 43.3 Å². The Labute approximate surface area is 170 Å². The second-order valence-corrected chi connectivity index (χ2v) is 7.86. The molecule has 1 saturated heterocycles. The minimum Gasteiger partial charge on any atom is -0.483 e. The van der Waals surface area contributed by atoms with Gasteiger partial charge in [0.05, 0.1) is 4.47 Å². The Morgan fingerprint density at radius 3 is 2.56 bits per heavy atom. The summed E-state index contributed by atoms with van der Waals surface area (Å²) in [4.78, 5) is 14.7. The number of rotatable bonds is 7. The molecule has 1 heterocycles. The third kappa shape index (κ3) is 6.08. The summed E-state index contributed by atoms with van der Waals surface area (Å²) in [6.07, 6.45) is 2.93. The molecule has 4 nitrogen and oxygen atoms in total. The summed E-state index contributed by atoms with van der Waals surface area (Å²) < 4.78 is 6.56. The summed E-state index contributed by atoms with van der Waals surface area (Å²) in [5.41, 5.74) is 2.58. The highest BCUT2D eigenvalue weighted by atomic mass is 79.9. The Bertz CT molecular complexity index is 743. The molecule has 1 N–H and O–H groups in total. The number of benzene rings is 2. The number of ether oxygens (including phenoxy) is 1. The minimum atomic E-state index is -0.0528. The number of likely N-dealkylation sites (tertiary alicyclic amines) is 1. The molecular formula is C22H27BrN2O2. The molecule has 3 rings (SSSR count). The fourth-order valence-electron chi connectivity index (χ4n) is 3.37. The maximum Gasteiger partial charge on any atom is 0.258 e. The van der Waals surface area contributed by atoms with Crippen LogP contribution in [0.25, 0.3) is 0 Å². The van der Waals surface area contributed by atoms with Crippen LogP contribution in [0, 0.1) is 0 Å². The Kier molecular flexibility index (Phi) is 7.30. The lowest BCUT2D eigenvalue weighted by Crippen LogP contribution is -2.45. The Balaban J connectivity index is 1.39. The maximum absolute atomic E-state index is 12.2. The van der Waals surface area contributed by atoms with Crippen molar-refractivity contribution in [2.24, 2.45) is 0 Å². The average molecular weight is 431 g/mol. The molecule has 0 bridgehead atoms. The van der Waals surface area contributed by atoms with Gasteiger partial charge in [-0.15, -0.1) is 0 Å². The quantitative estimate of drug-likeness (QED) is 0.716. The van der Waals surface area contributed by atoms with E-state index < -0.39 is 0 Å². The SMILES string of the molecule is CCc1ccc(OCC(=O)NC2CCN(Cc3ccccc3)CC2)c(Br)c1. The molecule has 2 aromatic rings. The van der Waals surface area contributed by atoms with Gasteiger partial charge < -0.3 is 10.1 Å². The molecule has 144 valence electrons. The molecule has 0 aromatic heterocycles. The van der Waals surface area contributed by atoms with Crippen molar-refractivity contribution >= 4 is 21.8 Å². The molecule has 5 heteroatoms. The molecular weight excluding hydrogens is 404 g/mol. The van der Waals surface area contributed by atoms with E-state index in [0.717, 1.165) is 43.4 Å². The van der Waals surface area contributed by atoms with Crippen molar-refractivity contribution in [3.8, 4) is 5.75 Å². The maximum atomic E-state index is 12.2. The summed E-state index contributed by atoms with van der Waals surface area (Å²) in [5, 5.41) is 3.11. The van der Waals surface area contributed by atoms with Gasteiger partial charge in [-0.3, -0.25) is 9.69 Å². The monoisotopic (exact) mass is 430 g/mol. The molecule has 1 aliphatic heterocycles. The second-order valence-electron chi connectivity index (χ2n) is 7.01. The van der Waals surface area contributed by atoms with E-state index in [-0.39, 0.29) is 18.6 Å². The number of hydrogen-bond donors (Lipinski definition) is 1. The van der Waals surface area contributed by atoms with Gasteiger partial charge in [0.15, 0.2) is 6.61 Å². The fourth-order valence-corrected chi connectivity index (χ4v) is 3.91. The molecule has 0 radical (unpaired) electrons. The molecule has 1 amide bonds. The van der Waals surface area contributed by atoms with E-state index in [0.29, 0.717) is 5.75 Å². The third-order valence-electron chi connectivity index (χ3n) is 4.97. The predicted octanol–water partition coefficient (Wildman–Crippen LogP) is 4.17. The van der Waals surface area contributed by atoms with Gasteiger partial charge in [0.2, 0.25) is 0 Å². The lowest BCUT2D eigenvalue weighted by atomic mass is 10.0. The van der Waals surface area contributed by atoms with E-state index >= 15 is 0 Å². The predicted molar refractivity (Wildman–Crippen MR) is 112 cm³/mol. The number of hydrogen-bond acceptors (Lipinski definition) is 3. The molecule has 1 fully saturated rings. The number of nitrogens with one attached hydrogen (secondary N) is 1. The van der Waals surface area contributed by atoms with E-state index in [9.17, 15) is 4.79 Å². The molecule has 0 saturated carbocycles. The number of amides is 1. The van der Waals surface area contributed by atoms with Gasteiger partial charge in [0, 0.05) is 25.7 Å². The van der Waals surface area contributed by atoms with Gasteiger partial charge in [-0.25, -0.2) is 0 Å². The van der Waals surface area contributed by atoms with Gasteiger partial charge in [0.25, 0.3) is 5.91 Å². The van der Waals surface area contributed by atoms with Crippen LogP contribution in [0.1, 0.15) is 30.9 Å². The molecule has 0 unspecified atom stereocenters. The highest BCUT2D eigenvalue weighted by Crippen LogP contribution is 2.26. The number of carbonyl (C=O) groups excluding carboxylic acids is 1. The standard InChI is InChI=1S/C22H27BrN2O2/c1-2-17-8-9-21(20(23)14-17)27-16-22(26)24-19-10-12-25(13-11-19)15-18-6-4-3-5-7-18/h3-9,14,19H,2,10-13,15-16H2,1H3,(H,24,26). The normalized spacial score (nSPS) is 15.5. The van der Waals surface area contributed by atoms with Crippen molar-refractivity contribution in [2.75, 3.05) is 19.7 Å². The molecule has 0 atom stereocenters. The zero-order chi connectivity index (χ0) is 19.1. The second kappa shape index (κ2) is 9.90. The fraction of sp³-hybridized carbons (Fsp3) is 0.409. The Hall–Kier alpha value is -1.85. The van der Waals surface area contributed by atoms with Crippen LogP contribution in [0.4, 0.5) is 0 Å². The first-order valence-corrected chi connectivity index (χ1v) is 10.4. The zero-order valence-corrected chi connectivity index (χ0v) is 17.4. The van der Waals surface area contributed by atoms with Crippen LogP contribution in [-0.2, 0) is 17.8 Å². The minimum absolute atomic E-state index is 0.0499. The number of carbonyl (C=O) groups is 1.